The van der Waals surface area contributed by atoms with E-state index >= 15 is 0 Å². The molecular weight excluding hydrogens is 408 g/mol. The number of nitrogens with one attached hydrogen (secondary N) is 1. The van der Waals surface area contributed by atoms with Gasteiger partial charge in [-0.25, -0.2) is 0 Å². The van der Waals surface area contributed by atoms with Gasteiger partial charge in [0.25, 0.3) is 0 Å². The van der Waals surface area contributed by atoms with Gasteiger partial charge in [0.15, 0.2) is 0 Å². The molecule has 0 radical (unpaired) electrons. The van der Waals surface area contributed by atoms with Crippen LogP contribution in [0, 0.1) is 0 Å². The molecule has 0 unspecified atom stereocenters. The molecule has 1 aromatic rings. The molecule has 0 spiro atoms. The van der Waals surface area contributed by atoms with E-state index in [2.05, 4.69) is 68.9 Å². The molecule has 1 heterocycles. The zero-order valence-corrected chi connectivity index (χ0v) is 16.8. The molecule has 1 saturated heterocycles. The summed E-state index contributed by atoms with van der Waals surface area (Å²) in [5.74, 6) is 0.949. The molecule has 124 valence electrons. The second kappa shape index (κ2) is 8.67. The Labute approximate surface area is 151 Å². The number of ether oxygens (including phenoxy) is 1. The summed E-state index contributed by atoms with van der Waals surface area (Å²) < 4.78 is 8.05. The van der Waals surface area contributed by atoms with Crippen LogP contribution in [0.2, 0.25) is 0 Å². The summed E-state index contributed by atoms with van der Waals surface area (Å²) in [5, 5.41) is 3.61. The Balaban J connectivity index is 1.99. The molecule has 0 aliphatic carbocycles. The average molecular weight is 434 g/mol. The zero-order valence-electron chi connectivity index (χ0n) is 13.7. The lowest BCUT2D eigenvalue weighted by molar-refractivity contribution is 0.236. The molecule has 1 aliphatic rings. The smallest absolute Gasteiger partial charge is 0.138 e. The summed E-state index contributed by atoms with van der Waals surface area (Å²) >= 11 is 7.19. The number of likely N-dealkylation sites (tertiary alicyclic amines) is 1. The van der Waals surface area contributed by atoms with Gasteiger partial charge < -0.3 is 10.1 Å². The number of halogens is 2. The molecule has 0 aromatic heterocycles. The topological polar surface area (TPSA) is 24.5 Å². The van der Waals surface area contributed by atoms with Crippen LogP contribution >= 0.6 is 31.9 Å². The molecular formula is C17H26Br2N2O. The first-order valence-electron chi connectivity index (χ1n) is 8.10. The Morgan fingerprint density at radius 2 is 2.14 bits per heavy atom. The van der Waals surface area contributed by atoms with Crippen molar-refractivity contribution in [2.45, 2.75) is 52.3 Å². The molecule has 1 N–H and O–H groups in total. The number of hydrogen-bond acceptors (Lipinski definition) is 3. The van der Waals surface area contributed by atoms with E-state index in [1.165, 1.54) is 24.9 Å². The summed E-state index contributed by atoms with van der Waals surface area (Å²) in [6, 6.07) is 4.86. The highest BCUT2D eigenvalue weighted by Gasteiger charge is 2.22. The van der Waals surface area contributed by atoms with Crippen molar-refractivity contribution in [2.75, 3.05) is 19.6 Å². The largest absolute Gasteiger partial charge is 0.489 e. The Hall–Kier alpha value is -0.100. The third-order valence-corrected chi connectivity index (χ3v) is 5.09. The third-order valence-electron chi connectivity index (χ3n) is 4.04. The van der Waals surface area contributed by atoms with Crippen LogP contribution in [0.4, 0.5) is 0 Å². The predicted molar refractivity (Wildman–Crippen MR) is 99.6 cm³/mol. The summed E-state index contributed by atoms with van der Waals surface area (Å²) in [4.78, 5) is 2.56. The second-order valence-electron chi connectivity index (χ2n) is 6.10. The molecule has 0 bridgehead atoms. The van der Waals surface area contributed by atoms with E-state index in [0.29, 0.717) is 6.04 Å². The van der Waals surface area contributed by atoms with Crippen molar-refractivity contribution >= 4 is 31.9 Å². The standard InChI is InChI=1S/C17H26Br2N2O/c1-4-21-7-5-6-15(21)11-20-10-13-8-14(18)9-16(19)17(13)22-12(2)3/h8-9,12,15,20H,4-7,10-11H2,1-3H3/t15-/m1/s1. The Bertz CT molecular complexity index is 494. The summed E-state index contributed by atoms with van der Waals surface area (Å²) in [6.45, 7) is 10.6. The Morgan fingerprint density at radius 3 is 2.82 bits per heavy atom. The summed E-state index contributed by atoms with van der Waals surface area (Å²) in [5.41, 5.74) is 1.19. The van der Waals surface area contributed by atoms with E-state index < -0.39 is 0 Å². The van der Waals surface area contributed by atoms with Crippen molar-refractivity contribution in [3.05, 3.63) is 26.6 Å². The third kappa shape index (κ3) is 4.95. The quantitative estimate of drug-likeness (QED) is 0.681. The number of benzene rings is 1. The highest BCUT2D eigenvalue weighted by molar-refractivity contribution is 9.11. The van der Waals surface area contributed by atoms with Crippen molar-refractivity contribution in [3.63, 3.8) is 0 Å². The SMILES string of the molecule is CCN1CCC[C@@H]1CNCc1cc(Br)cc(Br)c1OC(C)C. The molecule has 1 aromatic carbocycles. The van der Waals surface area contributed by atoms with Gasteiger partial charge in [0.1, 0.15) is 5.75 Å². The number of hydrogen-bond donors (Lipinski definition) is 1. The minimum Gasteiger partial charge on any atom is -0.489 e. The number of rotatable bonds is 7. The Morgan fingerprint density at radius 1 is 1.36 bits per heavy atom. The van der Waals surface area contributed by atoms with Crippen LogP contribution < -0.4 is 10.1 Å². The van der Waals surface area contributed by atoms with E-state index in [1.54, 1.807) is 0 Å². The molecule has 3 nitrogen and oxygen atoms in total. The second-order valence-corrected chi connectivity index (χ2v) is 7.87. The molecule has 22 heavy (non-hydrogen) atoms. The first kappa shape index (κ1) is 18.2. The van der Waals surface area contributed by atoms with Crippen LogP contribution in [0.1, 0.15) is 39.2 Å². The normalized spacial score (nSPS) is 19.1. The van der Waals surface area contributed by atoms with Crippen molar-refractivity contribution in [2.24, 2.45) is 0 Å². The Kier molecular flexibility index (Phi) is 7.19. The van der Waals surface area contributed by atoms with Gasteiger partial charge in [-0.1, -0.05) is 22.9 Å². The van der Waals surface area contributed by atoms with Crippen LogP contribution in [0.5, 0.6) is 5.75 Å². The first-order chi connectivity index (χ1) is 10.5. The summed E-state index contributed by atoms with van der Waals surface area (Å²) in [6.07, 6.45) is 2.80. The molecule has 2 rings (SSSR count). The minimum absolute atomic E-state index is 0.168. The number of nitrogens with zero attached hydrogens (tertiary/aromatic N) is 1. The van der Waals surface area contributed by atoms with Crippen LogP contribution in [-0.4, -0.2) is 36.7 Å². The van der Waals surface area contributed by atoms with Gasteiger partial charge in [0.2, 0.25) is 0 Å². The van der Waals surface area contributed by atoms with Gasteiger partial charge in [0.05, 0.1) is 10.6 Å². The maximum atomic E-state index is 5.98. The summed E-state index contributed by atoms with van der Waals surface area (Å²) in [7, 11) is 0. The van der Waals surface area contributed by atoms with Crippen molar-refractivity contribution < 1.29 is 4.74 Å². The highest BCUT2D eigenvalue weighted by Crippen LogP contribution is 2.33. The van der Waals surface area contributed by atoms with Crippen molar-refractivity contribution in [1.82, 2.24) is 10.2 Å². The average Bonchev–Trinajstić information content (AvgIpc) is 2.89. The highest BCUT2D eigenvalue weighted by atomic mass is 79.9. The number of likely N-dealkylation sites (N-methyl/N-ethyl adjacent to an activating group) is 1. The van der Waals surface area contributed by atoms with Gasteiger partial charge in [0, 0.05) is 29.2 Å². The molecule has 1 atom stereocenters. The van der Waals surface area contributed by atoms with Crippen LogP contribution in [0.25, 0.3) is 0 Å². The molecule has 1 fully saturated rings. The molecule has 0 amide bonds. The van der Waals surface area contributed by atoms with Crippen LogP contribution in [0.3, 0.4) is 0 Å². The van der Waals surface area contributed by atoms with Gasteiger partial charge in [-0.3, -0.25) is 4.90 Å². The molecule has 1 aliphatic heterocycles. The van der Waals surface area contributed by atoms with Crippen LogP contribution in [-0.2, 0) is 6.54 Å². The van der Waals surface area contributed by atoms with Crippen LogP contribution in [0.15, 0.2) is 21.1 Å². The van der Waals surface area contributed by atoms with E-state index in [1.807, 2.05) is 6.07 Å². The van der Waals surface area contributed by atoms with Crippen molar-refractivity contribution in [3.8, 4) is 5.75 Å². The fourth-order valence-corrected chi connectivity index (χ4v) is 4.44. The predicted octanol–water partition coefficient (Wildman–Crippen LogP) is 4.57. The lowest BCUT2D eigenvalue weighted by atomic mass is 10.1. The molecule has 0 saturated carbocycles. The monoisotopic (exact) mass is 432 g/mol. The van der Waals surface area contributed by atoms with E-state index in [9.17, 15) is 0 Å². The van der Waals surface area contributed by atoms with Gasteiger partial charge in [-0.05, 0) is 67.8 Å². The maximum Gasteiger partial charge on any atom is 0.138 e. The minimum atomic E-state index is 0.168. The van der Waals surface area contributed by atoms with Gasteiger partial charge >= 0.3 is 0 Å². The first-order valence-corrected chi connectivity index (χ1v) is 9.69. The van der Waals surface area contributed by atoms with Gasteiger partial charge in [-0.15, -0.1) is 0 Å². The fraction of sp³-hybridized carbons (Fsp3) is 0.647. The molecule has 5 heteroatoms. The lowest BCUT2D eigenvalue weighted by Crippen LogP contribution is -2.37. The fourth-order valence-electron chi connectivity index (χ4n) is 3.03. The maximum absolute atomic E-state index is 5.98. The van der Waals surface area contributed by atoms with E-state index in [4.69, 9.17) is 4.74 Å². The van der Waals surface area contributed by atoms with Gasteiger partial charge in [-0.2, -0.15) is 0 Å². The van der Waals surface area contributed by atoms with Crippen molar-refractivity contribution in [1.29, 1.82) is 0 Å². The zero-order chi connectivity index (χ0) is 16.1. The van der Waals surface area contributed by atoms with E-state index in [-0.39, 0.29) is 6.10 Å². The van der Waals surface area contributed by atoms with E-state index in [0.717, 1.165) is 34.3 Å². The lowest BCUT2D eigenvalue weighted by Gasteiger charge is -2.23.